The summed E-state index contributed by atoms with van der Waals surface area (Å²) in [5.41, 5.74) is 0.530. The van der Waals surface area contributed by atoms with Crippen molar-refractivity contribution in [3.63, 3.8) is 0 Å². The number of amides is 1. The molecule has 0 aromatic carbocycles. The Bertz CT molecular complexity index is 624. The smallest absolute Gasteiger partial charge is 0.220 e. The van der Waals surface area contributed by atoms with Gasteiger partial charge in [-0.3, -0.25) is 19.5 Å². The van der Waals surface area contributed by atoms with Crippen molar-refractivity contribution in [3.05, 3.63) is 54.2 Å². The third-order valence-corrected chi connectivity index (χ3v) is 3.55. The maximum atomic E-state index is 11.9. The Balaban J connectivity index is 1.79. The second-order valence-electron chi connectivity index (χ2n) is 5.46. The third-order valence-electron chi connectivity index (χ3n) is 3.55. The highest BCUT2D eigenvalue weighted by Crippen LogP contribution is 2.17. The summed E-state index contributed by atoms with van der Waals surface area (Å²) in [6.45, 7) is 0.431. The van der Waals surface area contributed by atoms with Crippen molar-refractivity contribution in [1.29, 1.82) is 0 Å². The predicted octanol–water partition coefficient (Wildman–Crippen LogP) is 2.06. The average Bonchev–Trinajstić information content (AvgIpc) is 3.07. The zero-order valence-electron chi connectivity index (χ0n) is 13.4. The fourth-order valence-corrected chi connectivity index (χ4v) is 2.22. The van der Waals surface area contributed by atoms with Crippen molar-refractivity contribution >= 4 is 11.7 Å². The zero-order chi connectivity index (χ0) is 16.7. The molecule has 2 rings (SSSR count). The molecule has 0 bridgehead atoms. The third kappa shape index (κ3) is 5.03. The quantitative estimate of drug-likeness (QED) is 0.755. The molecule has 1 unspecified atom stereocenters. The van der Waals surface area contributed by atoms with Crippen LogP contribution in [0.5, 0.6) is 0 Å². The minimum atomic E-state index is -0.152. The van der Waals surface area contributed by atoms with Crippen LogP contribution in [-0.2, 0) is 4.79 Å². The van der Waals surface area contributed by atoms with Crippen molar-refractivity contribution in [2.24, 2.45) is 0 Å². The van der Waals surface area contributed by atoms with E-state index in [0.29, 0.717) is 12.1 Å². The summed E-state index contributed by atoms with van der Waals surface area (Å²) in [7, 11) is 3.84. The summed E-state index contributed by atoms with van der Waals surface area (Å²) in [5.74, 6) is 0.561. The van der Waals surface area contributed by atoms with Gasteiger partial charge in [0.05, 0.1) is 12.3 Å². The Hall–Kier alpha value is -2.47. The molecule has 1 amide bonds. The number of pyridine rings is 1. The van der Waals surface area contributed by atoms with Gasteiger partial charge in [0, 0.05) is 37.3 Å². The molecule has 1 atom stereocenters. The molecule has 0 saturated carbocycles. The van der Waals surface area contributed by atoms with Crippen molar-refractivity contribution in [2.45, 2.75) is 18.9 Å². The summed E-state index contributed by atoms with van der Waals surface area (Å²) in [5, 5.41) is 2.85. The van der Waals surface area contributed by atoms with Gasteiger partial charge in [-0.15, -0.1) is 0 Å². The number of Topliss-reactive ketones (excluding diaryl/α,β-unsaturated/α-hetero) is 1. The lowest BCUT2D eigenvalue weighted by Gasteiger charge is -2.22. The van der Waals surface area contributed by atoms with Crippen LogP contribution in [0.2, 0.25) is 0 Å². The van der Waals surface area contributed by atoms with Crippen LogP contribution in [-0.4, -0.2) is 42.2 Å². The van der Waals surface area contributed by atoms with Crippen molar-refractivity contribution in [2.75, 3.05) is 20.6 Å². The fourth-order valence-electron chi connectivity index (χ4n) is 2.22. The number of likely N-dealkylation sites (N-methyl/N-ethyl adjacent to an activating group) is 1. The van der Waals surface area contributed by atoms with Gasteiger partial charge in [0.2, 0.25) is 5.91 Å². The number of nitrogens with one attached hydrogen (secondary N) is 1. The molecule has 6 nitrogen and oxygen atoms in total. The van der Waals surface area contributed by atoms with Crippen LogP contribution in [0.1, 0.15) is 35.0 Å². The second kappa shape index (κ2) is 8.24. The Kier molecular flexibility index (Phi) is 6.05. The van der Waals surface area contributed by atoms with Gasteiger partial charge in [-0.2, -0.15) is 0 Å². The zero-order valence-corrected chi connectivity index (χ0v) is 13.4. The normalized spacial score (nSPS) is 12.1. The summed E-state index contributed by atoms with van der Waals surface area (Å²) >= 11 is 0. The second-order valence-corrected chi connectivity index (χ2v) is 5.46. The predicted molar refractivity (Wildman–Crippen MR) is 85.9 cm³/mol. The molecule has 1 N–H and O–H groups in total. The van der Waals surface area contributed by atoms with E-state index in [1.165, 1.54) is 6.20 Å². The topological polar surface area (TPSA) is 75.4 Å². The Morgan fingerprint density at radius 1 is 1.26 bits per heavy atom. The van der Waals surface area contributed by atoms with Crippen LogP contribution in [0.4, 0.5) is 0 Å². The van der Waals surface area contributed by atoms with Gasteiger partial charge in [-0.05, 0) is 38.4 Å². The fraction of sp³-hybridized carbons (Fsp3) is 0.353. The first-order valence-corrected chi connectivity index (χ1v) is 7.47. The monoisotopic (exact) mass is 315 g/mol. The number of carbonyl (C=O) groups excluding carboxylic acids is 2. The molecular formula is C17H21N3O3. The number of carbonyl (C=O) groups is 2. The van der Waals surface area contributed by atoms with E-state index in [4.69, 9.17) is 4.42 Å². The molecule has 0 aliphatic rings. The van der Waals surface area contributed by atoms with E-state index in [2.05, 4.69) is 10.3 Å². The minimum Gasteiger partial charge on any atom is -0.468 e. The molecule has 0 aliphatic carbocycles. The molecule has 122 valence electrons. The number of aromatic nitrogens is 1. The van der Waals surface area contributed by atoms with Gasteiger partial charge in [-0.25, -0.2) is 0 Å². The molecule has 0 fully saturated rings. The van der Waals surface area contributed by atoms with Crippen molar-refractivity contribution in [1.82, 2.24) is 15.2 Å². The largest absolute Gasteiger partial charge is 0.468 e. The first-order chi connectivity index (χ1) is 11.1. The Morgan fingerprint density at radius 3 is 2.70 bits per heavy atom. The molecule has 0 saturated heterocycles. The van der Waals surface area contributed by atoms with E-state index in [1.54, 1.807) is 24.6 Å². The van der Waals surface area contributed by atoms with E-state index in [1.807, 2.05) is 31.1 Å². The van der Waals surface area contributed by atoms with Crippen LogP contribution in [0.25, 0.3) is 0 Å². The van der Waals surface area contributed by atoms with Gasteiger partial charge >= 0.3 is 0 Å². The summed E-state index contributed by atoms with van der Waals surface area (Å²) in [6.07, 6.45) is 5.07. The van der Waals surface area contributed by atoms with E-state index >= 15 is 0 Å². The molecule has 2 aromatic rings. The number of ketones is 1. The van der Waals surface area contributed by atoms with Gasteiger partial charge in [0.25, 0.3) is 0 Å². The van der Waals surface area contributed by atoms with Gasteiger partial charge in [-0.1, -0.05) is 0 Å². The molecule has 0 aliphatic heterocycles. The van der Waals surface area contributed by atoms with Crippen LogP contribution in [0.15, 0.2) is 47.3 Å². The van der Waals surface area contributed by atoms with Crippen LogP contribution >= 0.6 is 0 Å². The average molecular weight is 315 g/mol. The highest BCUT2D eigenvalue weighted by atomic mass is 16.3. The summed E-state index contributed by atoms with van der Waals surface area (Å²) < 4.78 is 5.39. The van der Waals surface area contributed by atoms with E-state index in [0.717, 1.165) is 5.76 Å². The number of furan rings is 1. The lowest BCUT2D eigenvalue weighted by molar-refractivity contribution is -0.121. The maximum absolute atomic E-state index is 11.9. The maximum Gasteiger partial charge on any atom is 0.220 e. The highest BCUT2D eigenvalue weighted by Gasteiger charge is 2.18. The molecule has 6 heteroatoms. The highest BCUT2D eigenvalue weighted by molar-refractivity contribution is 5.97. The van der Waals surface area contributed by atoms with Crippen LogP contribution in [0, 0.1) is 0 Å². The van der Waals surface area contributed by atoms with E-state index < -0.39 is 0 Å². The van der Waals surface area contributed by atoms with E-state index in [9.17, 15) is 9.59 Å². The summed E-state index contributed by atoms with van der Waals surface area (Å²) in [4.78, 5) is 29.8. The van der Waals surface area contributed by atoms with Crippen LogP contribution in [0.3, 0.4) is 0 Å². The molecule has 0 radical (unpaired) electrons. The number of hydrogen-bond acceptors (Lipinski definition) is 5. The van der Waals surface area contributed by atoms with Crippen molar-refractivity contribution in [3.8, 4) is 0 Å². The minimum absolute atomic E-state index is 0.0389. The van der Waals surface area contributed by atoms with E-state index in [-0.39, 0.29) is 30.6 Å². The molecule has 2 aromatic heterocycles. The first-order valence-electron chi connectivity index (χ1n) is 7.47. The molecular weight excluding hydrogens is 294 g/mol. The van der Waals surface area contributed by atoms with Gasteiger partial charge in [0.1, 0.15) is 5.76 Å². The number of rotatable bonds is 8. The molecule has 2 heterocycles. The Morgan fingerprint density at radius 2 is 2.09 bits per heavy atom. The lowest BCUT2D eigenvalue weighted by Crippen LogP contribution is -2.34. The van der Waals surface area contributed by atoms with Crippen LogP contribution < -0.4 is 5.32 Å². The van der Waals surface area contributed by atoms with Gasteiger partial charge in [0.15, 0.2) is 5.78 Å². The lowest BCUT2D eigenvalue weighted by atomic mass is 10.1. The number of hydrogen-bond donors (Lipinski definition) is 1. The van der Waals surface area contributed by atoms with Gasteiger partial charge < -0.3 is 9.73 Å². The molecule has 0 spiro atoms. The van der Waals surface area contributed by atoms with Crippen molar-refractivity contribution < 1.29 is 14.0 Å². The SMILES string of the molecule is CN(C)C(CNC(=O)CCC(=O)c1cccnc1)c1ccco1. The standard InChI is InChI=1S/C17H21N3O3/c1-20(2)14(16-6-4-10-23-16)12-19-17(22)8-7-15(21)13-5-3-9-18-11-13/h3-6,9-11,14H,7-8,12H2,1-2H3,(H,19,22). The summed E-state index contributed by atoms with van der Waals surface area (Å²) in [6, 6.07) is 7.07. The first kappa shape index (κ1) is 16.9. The Labute approximate surface area is 135 Å². The molecule has 23 heavy (non-hydrogen) atoms. The number of nitrogens with zero attached hydrogens (tertiary/aromatic N) is 2.